The van der Waals surface area contributed by atoms with Crippen molar-refractivity contribution in [2.75, 3.05) is 6.54 Å². The Kier molecular flexibility index (Phi) is 4.45. The molecule has 0 spiro atoms. The third kappa shape index (κ3) is 3.53. The first kappa shape index (κ1) is 15.8. The number of nitrogens with zero attached hydrogens (tertiary/aromatic N) is 1. The van der Waals surface area contributed by atoms with E-state index in [4.69, 9.17) is 0 Å². The predicted molar refractivity (Wildman–Crippen MR) is 78.2 cm³/mol. The fourth-order valence-corrected chi connectivity index (χ4v) is 3.94. The van der Waals surface area contributed by atoms with Crippen LogP contribution in [0.2, 0.25) is 0 Å². The third-order valence-corrected chi connectivity index (χ3v) is 4.91. The van der Waals surface area contributed by atoms with Crippen molar-refractivity contribution in [3.8, 4) is 0 Å². The molecule has 3 atom stereocenters. The van der Waals surface area contributed by atoms with Crippen LogP contribution in [0.3, 0.4) is 0 Å². The maximum absolute atomic E-state index is 12.4. The maximum Gasteiger partial charge on any atom is 0.225 e. The quantitative estimate of drug-likeness (QED) is 0.833. The Balaban J connectivity index is 2.08. The molecular formula is C16H29NO3. The van der Waals surface area contributed by atoms with E-state index in [1.807, 2.05) is 11.8 Å². The minimum absolute atomic E-state index is 0.0290. The van der Waals surface area contributed by atoms with Gasteiger partial charge in [-0.3, -0.25) is 4.79 Å². The second kappa shape index (κ2) is 5.64. The van der Waals surface area contributed by atoms with Gasteiger partial charge >= 0.3 is 0 Å². The highest BCUT2D eigenvalue weighted by atomic mass is 16.3. The first-order valence-corrected chi connectivity index (χ1v) is 7.95. The fraction of sp³-hybridized carbons (Fsp3) is 0.938. The molecule has 2 N–H and O–H groups in total. The van der Waals surface area contributed by atoms with E-state index in [2.05, 4.69) is 0 Å². The molecule has 1 amide bonds. The van der Waals surface area contributed by atoms with Crippen molar-refractivity contribution in [1.82, 2.24) is 4.90 Å². The highest BCUT2D eigenvalue weighted by Crippen LogP contribution is 2.41. The molecule has 2 rings (SSSR count). The average Bonchev–Trinajstić information content (AvgIpc) is 2.74. The molecule has 0 unspecified atom stereocenters. The van der Waals surface area contributed by atoms with Crippen LogP contribution in [-0.4, -0.2) is 44.8 Å². The number of hydrogen-bond acceptors (Lipinski definition) is 3. The molecule has 1 heterocycles. The number of carbonyl (C=O) groups is 1. The van der Waals surface area contributed by atoms with Crippen LogP contribution in [0.15, 0.2) is 0 Å². The summed E-state index contributed by atoms with van der Waals surface area (Å²) in [7, 11) is 0. The molecule has 1 saturated heterocycles. The first-order valence-electron chi connectivity index (χ1n) is 7.95. The summed E-state index contributed by atoms with van der Waals surface area (Å²) in [4.78, 5) is 14.3. The van der Waals surface area contributed by atoms with Crippen LogP contribution in [-0.2, 0) is 4.79 Å². The lowest BCUT2D eigenvalue weighted by Crippen LogP contribution is -2.51. The molecule has 0 radical (unpaired) electrons. The number of aliphatic hydroxyl groups is 2. The minimum Gasteiger partial charge on any atom is -0.390 e. The first-order chi connectivity index (χ1) is 9.21. The van der Waals surface area contributed by atoms with Crippen molar-refractivity contribution in [1.29, 1.82) is 0 Å². The number of likely N-dealkylation sites (tertiary alicyclic amines) is 1. The van der Waals surface area contributed by atoms with E-state index in [1.165, 1.54) is 0 Å². The van der Waals surface area contributed by atoms with Gasteiger partial charge in [0.1, 0.15) is 0 Å². The van der Waals surface area contributed by atoms with Gasteiger partial charge in [-0.1, -0.05) is 12.8 Å². The largest absolute Gasteiger partial charge is 0.390 e. The van der Waals surface area contributed by atoms with Gasteiger partial charge in [-0.05, 0) is 46.5 Å². The zero-order valence-electron chi connectivity index (χ0n) is 13.1. The van der Waals surface area contributed by atoms with Crippen LogP contribution in [0.5, 0.6) is 0 Å². The molecule has 1 saturated carbocycles. The summed E-state index contributed by atoms with van der Waals surface area (Å²) >= 11 is 0. The molecule has 4 heteroatoms. The molecule has 0 bridgehead atoms. The van der Waals surface area contributed by atoms with Crippen LogP contribution >= 0.6 is 0 Å². The minimum atomic E-state index is -0.959. The van der Waals surface area contributed by atoms with E-state index in [9.17, 15) is 15.0 Å². The lowest BCUT2D eigenvalue weighted by Gasteiger charge is -2.43. The summed E-state index contributed by atoms with van der Waals surface area (Å²) in [5.41, 5.74) is -1.61. The molecule has 1 aliphatic carbocycles. The van der Waals surface area contributed by atoms with Gasteiger partial charge in [-0.15, -0.1) is 0 Å². The van der Waals surface area contributed by atoms with E-state index >= 15 is 0 Å². The Bertz CT molecular complexity index is 359. The van der Waals surface area contributed by atoms with Crippen molar-refractivity contribution in [2.45, 2.75) is 83.0 Å². The molecule has 116 valence electrons. The van der Waals surface area contributed by atoms with Crippen molar-refractivity contribution in [3.05, 3.63) is 0 Å². The van der Waals surface area contributed by atoms with Gasteiger partial charge in [-0.25, -0.2) is 0 Å². The van der Waals surface area contributed by atoms with Crippen molar-refractivity contribution in [2.24, 2.45) is 5.92 Å². The molecule has 0 aromatic rings. The van der Waals surface area contributed by atoms with Crippen LogP contribution in [0.1, 0.15) is 65.7 Å². The van der Waals surface area contributed by atoms with Crippen molar-refractivity contribution in [3.63, 3.8) is 0 Å². The fourth-order valence-electron chi connectivity index (χ4n) is 3.94. The maximum atomic E-state index is 12.4. The lowest BCUT2D eigenvalue weighted by molar-refractivity contribution is -0.140. The van der Waals surface area contributed by atoms with Gasteiger partial charge < -0.3 is 15.1 Å². The van der Waals surface area contributed by atoms with Gasteiger partial charge in [0.25, 0.3) is 0 Å². The standard InChI is InChI=1S/C16H29NO3/c1-15(2,19)11-14(18)17-10-6-8-13(17)12-7-4-5-9-16(12,3)20/h12-13,19-20H,4-11H2,1-3H3/t12-,13-,16+/m1/s1. The third-order valence-electron chi connectivity index (χ3n) is 4.91. The lowest BCUT2D eigenvalue weighted by atomic mass is 9.72. The van der Waals surface area contributed by atoms with E-state index in [0.717, 1.165) is 45.1 Å². The van der Waals surface area contributed by atoms with E-state index in [0.29, 0.717) is 0 Å². The Morgan fingerprint density at radius 1 is 1.30 bits per heavy atom. The molecule has 4 nitrogen and oxygen atoms in total. The van der Waals surface area contributed by atoms with Crippen LogP contribution in [0.4, 0.5) is 0 Å². The molecule has 2 aliphatic rings. The number of amides is 1. The highest BCUT2D eigenvalue weighted by molar-refractivity contribution is 5.77. The Morgan fingerprint density at radius 2 is 2.00 bits per heavy atom. The summed E-state index contributed by atoms with van der Waals surface area (Å²) in [5.74, 6) is 0.214. The average molecular weight is 283 g/mol. The number of hydrogen-bond donors (Lipinski definition) is 2. The predicted octanol–water partition coefficient (Wildman–Crippen LogP) is 2.08. The summed E-state index contributed by atoms with van der Waals surface area (Å²) in [6.07, 6.45) is 6.22. The Morgan fingerprint density at radius 3 is 2.60 bits per heavy atom. The van der Waals surface area contributed by atoms with Crippen LogP contribution < -0.4 is 0 Å². The smallest absolute Gasteiger partial charge is 0.225 e. The Hall–Kier alpha value is -0.610. The monoisotopic (exact) mass is 283 g/mol. The van der Waals surface area contributed by atoms with Gasteiger partial charge in [0.05, 0.1) is 17.6 Å². The van der Waals surface area contributed by atoms with E-state index in [1.54, 1.807) is 13.8 Å². The van der Waals surface area contributed by atoms with Crippen LogP contribution in [0.25, 0.3) is 0 Å². The van der Waals surface area contributed by atoms with Gasteiger partial charge in [0, 0.05) is 18.5 Å². The van der Waals surface area contributed by atoms with Crippen LogP contribution in [0, 0.1) is 5.92 Å². The zero-order valence-corrected chi connectivity index (χ0v) is 13.1. The molecule has 2 fully saturated rings. The molecule has 0 aromatic carbocycles. The van der Waals surface area contributed by atoms with Gasteiger partial charge in [0.2, 0.25) is 5.91 Å². The van der Waals surface area contributed by atoms with Crippen molar-refractivity contribution < 1.29 is 15.0 Å². The summed E-state index contributed by atoms with van der Waals surface area (Å²) in [6.45, 7) is 6.04. The molecular weight excluding hydrogens is 254 g/mol. The normalized spacial score (nSPS) is 35.4. The zero-order chi connectivity index (χ0) is 15.0. The molecule has 0 aromatic heterocycles. The molecule has 20 heavy (non-hydrogen) atoms. The summed E-state index contributed by atoms with van der Waals surface area (Å²) in [6, 6.07) is 0.153. The second-order valence-electron chi connectivity index (χ2n) is 7.50. The number of rotatable bonds is 3. The highest BCUT2D eigenvalue weighted by Gasteiger charge is 2.44. The molecule has 1 aliphatic heterocycles. The number of carbonyl (C=O) groups excluding carboxylic acids is 1. The van der Waals surface area contributed by atoms with Gasteiger partial charge in [0.15, 0.2) is 0 Å². The van der Waals surface area contributed by atoms with Crippen molar-refractivity contribution >= 4 is 5.91 Å². The SMILES string of the molecule is CC(C)(O)CC(=O)N1CCC[C@@H]1[C@H]1CCCC[C@]1(C)O. The van der Waals surface area contributed by atoms with Gasteiger partial charge in [-0.2, -0.15) is 0 Å². The summed E-state index contributed by atoms with van der Waals surface area (Å²) in [5, 5.41) is 20.5. The van der Waals surface area contributed by atoms with E-state index < -0.39 is 11.2 Å². The second-order valence-corrected chi connectivity index (χ2v) is 7.50. The topological polar surface area (TPSA) is 60.8 Å². The summed E-state index contributed by atoms with van der Waals surface area (Å²) < 4.78 is 0. The Labute approximate surface area is 122 Å². The van der Waals surface area contributed by atoms with E-state index in [-0.39, 0.29) is 24.3 Å².